The van der Waals surface area contributed by atoms with Gasteiger partial charge in [0.05, 0.1) is 12.5 Å². The molecule has 19 heavy (non-hydrogen) atoms. The standard InChI is InChI=1S/C15H19BrO3/c1-9(2)10-7-13(19-3)11(8-12(10)16)15(14(17)18)5-4-6-15/h7-9H,4-6H2,1-3H3,(H,17,18). The van der Waals surface area contributed by atoms with Crippen LogP contribution >= 0.6 is 15.9 Å². The molecule has 0 spiro atoms. The van der Waals surface area contributed by atoms with E-state index in [-0.39, 0.29) is 0 Å². The first kappa shape index (κ1) is 14.4. The zero-order valence-corrected chi connectivity index (χ0v) is 13.1. The second kappa shape index (κ2) is 5.16. The van der Waals surface area contributed by atoms with Crippen molar-refractivity contribution >= 4 is 21.9 Å². The van der Waals surface area contributed by atoms with Crippen LogP contribution in [-0.4, -0.2) is 18.2 Å². The van der Waals surface area contributed by atoms with Crippen LogP contribution in [0, 0.1) is 0 Å². The van der Waals surface area contributed by atoms with Crippen LogP contribution in [0.5, 0.6) is 5.75 Å². The largest absolute Gasteiger partial charge is 0.496 e. The van der Waals surface area contributed by atoms with E-state index in [1.54, 1.807) is 7.11 Å². The number of carboxylic acids is 1. The lowest BCUT2D eigenvalue weighted by molar-refractivity contribution is -0.147. The van der Waals surface area contributed by atoms with E-state index < -0.39 is 11.4 Å². The van der Waals surface area contributed by atoms with Gasteiger partial charge >= 0.3 is 5.97 Å². The number of carbonyl (C=O) groups is 1. The average molecular weight is 327 g/mol. The Bertz CT molecular complexity index is 504. The molecule has 2 rings (SSSR count). The van der Waals surface area contributed by atoms with Crippen molar-refractivity contribution in [1.82, 2.24) is 0 Å². The van der Waals surface area contributed by atoms with E-state index in [1.807, 2.05) is 12.1 Å². The summed E-state index contributed by atoms with van der Waals surface area (Å²) in [6.07, 6.45) is 2.33. The molecule has 0 heterocycles. The van der Waals surface area contributed by atoms with Gasteiger partial charge in [0.25, 0.3) is 0 Å². The Hall–Kier alpha value is -1.03. The highest BCUT2D eigenvalue weighted by Gasteiger charge is 2.48. The molecule has 1 fully saturated rings. The van der Waals surface area contributed by atoms with Gasteiger partial charge in [0.2, 0.25) is 0 Å². The van der Waals surface area contributed by atoms with Gasteiger partial charge in [0, 0.05) is 10.0 Å². The maximum atomic E-state index is 11.6. The predicted octanol–water partition coefficient (Wildman–Crippen LogP) is 4.09. The summed E-state index contributed by atoms with van der Waals surface area (Å²) in [5.41, 5.74) is 1.18. The molecule has 1 aromatic rings. The van der Waals surface area contributed by atoms with E-state index in [9.17, 15) is 9.90 Å². The number of benzene rings is 1. The van der Waals surface area contributed by atoms with Crippen LogP contribution in [0.4, 0.5) is 0 Å². The van der Waals surface area contributed by atoms with Crippen molar-refractivity contribution < 1.29 is 14.6 Å². The molecule has 0 unspecified atom stereocenters. The summed E-state index contributed by atoms with van der Waals surface area (Å²) in [6.45, 7) is 4.21. The molecule has 0 atom stereocenters. The number of methoxy groups -OCH3 is 1. The fraction of sp³-hybridized carbons (Fsp3) is 0.533. The molecule has 0 radical (unpaired) electrons. The van der Waals surface area contributed by atoms with Gasteiger partial charge in [-0.3, -0.25) is 4.79 Å². The minimum Gasteiger partial charge on any atom is -0.496 e. The Morgan fingerprint density at radius 1 is 1.42 bits per heavy atom. The van der Waals surface area contributed by atoms with Gasteiger partial charge in [0.15, 0.2) is 0 Å². The summed E-state index contributed by atoms with van der Waals surface area (Å²) in [6, 6.07) is 3.90. The topological polar surface area (TPSA) is 46.5 Å². The fourth-order valence-corrected chi connectivity index (χ4v) is 3.48. The fourth-order valence-electron chi connectivity index (χ4n) is 2.68. The van der Waals surface area contributed by atoms with Crippen molar-refractivity contribution in [2.75, 3.05) is 7.11 Å². The third-order valence-electron chi connectivity index (χ3n) is 4.07. The number of rotatable bonds is 4. The minimum atomic E-state index is -0.761. The van der Waals surface area contributed by atoms with Crippen molar-refractivity contribution in [2.45, 2.75) is 44.4 Å². The molecule has 0 aromatic heterocycles. The van der Waals surface area contributed by atoms with Gasteiger partial charge < -0.3 is 9.84 Å². The zero-order chi connectivity index (χ0) is 14.2. The van der Waals surface area contributed by atoms with Crippen LogP contribution in [-0.2, 0) is 10.2 Å². The Morgan fingerprint density at radius 2 is 2.05 bits per heavy atom. The first-order valence-corrected chi connectivity index (χ1v) is 7.33. The van der Waals surface area contributed by atoms with Gasteiger partial charge in [-0.15, -0.1) is 0 Å². The van der Waals surface area contributed by atoms with Gasteiger partial charge in [-0.2, -0.15) is 0 Å². The van der Waals surface area contributed by atoms with E-state index in [2.05, 4.69) is 29.8 Å². The molecule has 0 amide bonds. The first-order valence-electron chi connectivity index (χ1n) is 6.53. The Morgan fingerprint density at radius 3 is 2.42 bits per heavy atom. The summed E-state index contributed by atoms with van der Waals surface area (Å²) in [5, 5.41) is 9.56. The van der Waals surface area contributed by atoms with Gasteiger partial charge in [0.1, 0.15) is 5.75 Å². The highest BCUT2D eigenvalue weighted by atomic mass is 79.9. The van der Waals surface area contributed by atoms with Crippen LogP contribution < -0.4 is 4.74 Å². The summed E-state index contributed by atoms with van der Waals surface area (Å²) in [5.74, 6) is 0.301. The van der Waals surface area contributed by atoms with E-state index in [0.29, 0.717) is 24.5 Å². The second-order valence-corrected chi connectivity index (χ2v) is 6.32. The third-order valence-corrected chi connectivity index (χ3v) is 4.76. The SMILES string of the molecule is COc1cc(C(C)C)c(Br)cc1C1(C(=O)O)CCC1. The smallest absolute Gasteiger partial charge is 0.314 e. The Balaban J connectivity index is 2.57. The summed E-state index contributed by atoms with van der Waals surface area (Å²) < 4.78 is 6.40. The quantitative estimate of drug-likeness (QED) is 0.906. The molecular formula is C15H19BrO3. The van der Waals surface area contributed by atoms with E-state index in [0.717, 1.165) is 22.0 Å². The van der Waals surface area contributed by atoms with Gasteiger partial charge in [-0.25, -0.2) is 0 Å². The molecule has 1 aliphatic carbocycles. The lowest BCUT2D eigenvalue weighted by Crippen LogP contribution is -2.42. The van der Waals surface area contributed by atoms with Crippen molar-refractivity contribution in [3.8, 4) is 5.75 Å². The minimum absolute atomic E-state index is 0.361. The third kappa shape index (κ3) is 2.27. The Labute approximate surface area is 122 Å². The number of hydrogen-bond donors (Lipinski definition) is 1. The lowest BCUT2D eigenvalue weighted by atomic mass is 9.64. The van der Waals surface area contributed by atoms with E-state index in [1.165, 1.54) is 0 Å². The van der Waals surface area contributed by atoms with Crippen molar-refractivity contribution in [2.24, 2.45) is 0 Å². The average Bonchev–Trinajstić information content (AvgIpc) is 2.26. The van der Waals surface area contributed by atoms with Crippen LogP contribution in [0.2, 0.25) is 0 Å². The van der Waals surface area contributed by atoms with E-state index >= 15 is 0 Å². The number of halogens is 1. The monoisotopic (exact) mass is 326 g/mol. The first-order chi connectivity index (χ1) is 8.92. The molecule has 1 N–H and O–H groups in total. The molecule has 1 saturated carbocycles. The maximum Gasteiger partial charge on any atom is 0.314 e. The van der Waals surface area contributed by atoms with Crippen LogP contribution in [0.3, 0.4) is 0 Å². The predicted molar refractivity (Wildman–Crippen MR) is 77.9 cm³/mol. The number of ether oxygens (including phenoxy) is 1. The summed E-state index contributed by atoms with van der Waals surface area (Å²) in [7, 11) is 1.60. The second-order valence-electron chi connectivity index (χ2n) is 5.47. The number of carboxylic acid groups (broad SMARTS) is 1. The highest BCUT2D eigenvalue weighted by Crippen LogP contribution is 2.49. The maximum absolute atomic E-state index is 11.6. The van der Waals surface area contributed by atoms with Crippen LogP contribution in [0.15, 0.2) is 16.6 Å². The zero-order valence-electron chi connectivity index (χ0n) is 11.5. The van der Waals surface area contributed by atoms with Crippen molar-refractivity contribution in [3.05, 3.63) is 27.7 Å². The molecular weight excluding hydrogens is 308 g/mol. The van der Waals surface area contributed by atoms with Crippen molar-refractivity contribution in [3.63, 3.8) is 0 Å². The molecule has 1 aromatic carbocycles. The van der Waals surface area contributed by atoms with Crippen LogP contribution in [0.25, 0.3) is 0 Å². The number of hydrogen-bond acceptors (Lipinski definition) is 2. The van der Waals surface area contributed by atoms with Gasteiger partial charge in [-0.1, -0.05) is 36.2 Å². The van der Waals surface area contributed by atoms with E-state index in [4.69, 9.17) is 4.74 Å². The normalized spacial score (nSPS) is 17.1. The molecule has 0 aliphatic heterocycles. The molecule has 104 valence electrons. The molecule has 0 bridgehead atoms. The van der Waals surface area contributed by atoms with Gasteiger partial charge in [-0.05, 0) is 36.5 Å². The highest BCUT2D eigenvalue weighted by molar-refractivity contribution is 9.10. The number of aliphatic carboxylic acids is 1. The summed E-state index contributed by atoms with van der Waals surface area (Å²) in [4.78, 5) is 11.6. The van der Waals surface area contributed by atoms with Crippen molar-refractivity contribution in [1.29, 1.82) is 0 Å². The molecule has 1 aliphatic rings. The molecule has 0 saturated heterocycles. The lowest BCUT2D eigenvalue weighted by Gasteiger charge is -2.39. The Kier molecular flexibility index (Phi) is 3.90. The molecule has 4 heteroatoms. The summed E-state index contributed by atoms with van der Waals surface area (Å²) >= 11 is 3.56. The van der Waals surface area contributed by atoms with Crippen LogP contribution in [0.1, 0.15) is 50.2 Å². The molecule has 3 nitrogen and oxygen atoms in total.